The number of halogens is 1. The maximum atomic E-state index is 13.5. The van der Waals surface area contributed by atoms with Crippen molar-refractivity contribution >= 4 is 23.2 Å². The fourth-order valence-electron chi connectivity index (χ4n) is 4.06. The van der Waals surface area contributed by atoms with E-state index in [1.54, 1.807) is 30.4 Å². The zero-order chi connectivity index (χ0) is 23.5. The second-order valence-corrected chi connectivity index (χ2v) is 8.36. The largest absolute Gasteiger partial charge is 0.496 e. The van der Waals surface area contributed by atoms with E-state index >= 15 is 0 Å². The van der Waals surface area contributed by atoms with Gasteiger partial charge in [0, 0.05) is 16.3 Å². The van der Waals surface area contributed by atoms with Gasteiger partial charge in [-0.05, 0) is 66.2 Å². The second-order valence-electron chi connectivity index (χ2n) is 7.92. The van der Waals surface area contributed by atoms with Crippen LogP contribution < -0.4 is 14.8 Å². The Morgan fingerprint density at radius 1 is 1.03 bits per heavy atom. The van der Waals surface area contributed by atoms with Crippen molar-refractivity contribution in [3.8, 4) is 11.5 Å². The van der Waals surface area contributed by atoms with Crippen LogP contribution in [0.25, 0.3) is 0 Å². The van der Waals surface area contributed by atoms with Gasteiger partial charge in [0.2, 0.25) is 0 Å². The standard InChI is InChI=1S/C27H23ClN2O4/c1-32-25-13-8-18(15-19(25)17-34-21-11-9-20(28)10-12-21)26-29-24-7-3-2-6-23(24)27(31)30(26)16-22-5-4-14-33-22/h2-15,26,29H,16-17H2,1H3/t26-/m0/s1. The van der Waals surface area contributed by atoms with Crippen molar-refractivity contribution in [1.29, 1.82) is 0 Å². The van der Waals surface area contributed by atoms with Crippen LogP contribution in [0.1, 0.15) is 33.4 Å². The molecule has 1 N–H and O–H groups in total. The van der Waals surface area contributed by atoms with Crippen LogP contribution in [0, 0.1) is 0 Å². The van der Waals surface area contributed by atoms with Crippen molar-refractivity contribution in [2.75, 3.05) is 12.4 Å². The fourth-order valence-corrected chi connectivity index (χ4v) is 4.19. The molecule has 34 heavy (non-hydrogen) atoms. The highest BCUT2D eigenvalue weighted by molar-refractivity contribution is 6.30. The van der Waals surface area contributed by atoms with E-state index in [1.807, 2.05) is 66.7 Å². The van der Waals surface area contributed by atoms with Gasteiger partial charge < -0.3 is 24.1 Å². The number of nitrogens with one attached hydrogen (secondary N) is 1. The number of para-hydroxylation sites is 1. The first-order valence-corrected chi connectivity index (χ1v) is 11.2. The number of rotatable bonds is 7. The number of ether oxygens (including phenoxy) is 2. The number of amides is 1. The number of anilines is 1. The molecule has 0 saturated heterocycles. The van der Waals surface area contributed by atoms with Gasteiger partial charge in [0.05, 0.1) is 25.5 Å². The molecule has 6 nitrogen and oxygen atoms in total. The second kappa shape index (κ2) is 9.53. The Balaban J connectivity index is 1.47. The van der Waals surface area contributed by atoms with Gasteiger partial charge in [-0.15, -0.1) is 0 Å². The van der Waals surface area contributed by atoms with Crippen LogP contribution in [0.5, 0.6) is 11.5 Å². The van der Waals surface area contributed by atoms with Gasteiger partial charge in [0.15, 0.2) is 0 Å². The first-order valence-electron chi connectivity index (χ1n) is 10.9. The summed E-state index contributed by atoms with van der Waals surface area (Å²) in [6.45, 7) is 0.633. The normalized spacial score (nSPS) is 14.9. The quantitative estimate of drug-likeness (QED) is 0.341. The minimum absolute atomic E-state index is 0.0643. The lowest BCUT2D eigenvalue weighted by molar-refractivity contribution is 0.0651. The Morgan fingerprint density at radius 3 is 2.62 bits per heavy atom. The minimum Gasteiger partial charge on any atom is -0.496 e. The first-order chi connectivity index (χ1) is 16.6. The number of carbonyl (C=O) groups excluding carboxylic acids is 1. The first kappa shape index (κ1) is 21.9. The monoisotopic (exact) mass is 474 g/mol. The summed E-state index contributed by atoms with van der Waals surface area (Å²) in [6, 6.07) is 24.3. The molecular weight excluding hydrogens is 452 g/mol. The third-order valence-electron chi connectivity index (χ3n) is 5.76. The molecule has 1 atom stereocenters. The van der Waals surface area contributed by atoms with Crippen molar-refractivity contribution in [3.63, 3.8) is 0 Å². The highest BCUT2D eigenvalue weighted by atomic mass is 35.5. The van der Waals surface area contributed by atoms with E-state index in [1.165, 1.54) is 0 Å². The van der Waals surface area contributed by atoms with Crippen LogP contribution in [0.2, 0.25) is 5.02 Å². The number of benzene rings is 3. The number of hydrogen-bond acceptors (Lipinski definition) is 5. The Bertz CT molecular complexity index is 1290. The van der Waals surface area contributed by atoms with Crippen molar-refractivity contribution in [2.45, 2.75) is 19.3 Å². The summed E-state index contributed by atoms with van der Waals surface area (Å²) in [4.78, 5) is 15.2. The smallest absolute Gasteiger partial charge is 0.258 e. The van der Waals surface area contributed by atoms with E-state index in [4.69, 9.17) is 25.5 Å². The van der Waals surface area contributed by atoms with Crippen molar-refractivity contribution in [2.24, 2.45) is 0 Å². The molecule has 1 aliphatic rings. The average Bonchev–Trinajstić information content (AvgIpc) is 3.38. The van der Waals surface area contributed by atoms with Crippen LogP contribution in [0.3, 0.4) is 0 Å². The molecular formula is C27H23ClN2O4. The predicted octanol–water partition coefficient (Wildman–Crippen LogP) is 6.29. The lowest BCUT2D eigenvalue weighted by atomic mass is 10.0. The summed E-state index contributed by atoms with van der Waals surface area (Å²) >= 11 is 5.97. The Hall–Kier alpha value is -3.90. The van der Waals surface area contributed by atoms with Crippen molar-refractivity contribution in [1.82, 2.24) is 4.90 Å². The number of furan rings is 1. The SMILES string of the molecule is COc1ccc([C@H]2Nc3ccccc3C(=O)N2Cc2ccco2)cc1COc1ccc(Cl)cc1. The number of hydrogen-bond donors (Lipinski definition) is 1. The zero-order valence-electron chi connectivity index (χ0n) is 18.5. The molecule has 5 rings (SSSR count). The Labute approximate surface area is 202 Å². The molecule has 0 bridgehead atoms. The summed E-state index contributed by atoms with van der Waals surface area (Å²) in [5.74, 6) is 2.05. The number of carbonyl (C=O) groups is 1. The summed E-state index contributed by atoms with van der Waals surface area (Å²) < 4.78 is 17.1. The lowest BCUT2D eigenvalue weighted by Crippen LogP contribution is -2.42. The van der Waals surface area contributed by atoms with Crippen LogP contribution in [0.4, 0.5) is 5.69 Å². The van der Waals surface area contributed by atoms with E-state index in [9.17, 15) is 4.79 Å². The van der Waals surface area contributed by atoms with E-state index in [2.05, 4.69) is 5.32 Å². The van der Waals surface area contributed by atoms with Gasteiger partial charge in [-0.25, -0.2) is 0 Å². The summed E-state index contributed by atoms with van der Waals surface area (Å²) in [7, 11) is 1.63. The maximum absolute atomic E-state index is 13.5. The zero-order valence-corrected chi connectivity index (χ0v) is 19.3. The molecule has 3 aromatic carbocycles. The van der Waals surface area contributed by atoms with Crippen LogP contribution in [0.15, 0.2) is 89.5 Å². The van der Waals surface area contributed by atoms with Crippen LogP contribution >= 0.6 is 11.6 Å². The Morgan fingerprint density at radius 2 is 1.85 bits per heavy atom. The fraction of sp³-hybridized carbons (Fsp3) is 0.148. The van der Waals surface area contributed by atoms with E-state index < -0.39 is 6.17 Å². The molecule has 0 radical (unpaired) electrons. The van der Waals surface area contributed by atoms with Gasteiger partial charge in [0.25, 0.3) is 5.91 Å². The highest BCUT2D eigenvalue weighted by Crippen LogP contribution is 2.36. The molecule has 172 valence electrons. The molecule has 0 spiro atoms. The number of methoxy groups -OCH3 is 1. The lowest BCUT2D eigenvalue weighted by Gasteiger charge is -2.38. The molecule has 1 aromatic heterocycles. The van der Waals surface area contributed by atoms with Gasteiger partial charge in [-0.3, -0.25) is 4.79 Å². The van der Waals surface area contributed by atoms with Gasteiger partial charge in [-0.1, -0.05) is 29.8 Å². The molecule has 1 aliphatic heterocycles. The van der Waals surface area contributed by atoms with Crippen LogP contribution in [-0.4, -0.2) is 17.9 Å². The van der Waals surface area contributed by atoms with Gasteiger partial charge in [0.1, 0.15) is 30.0 Å². The van der Waals surface area contributed by atoms with E-state index in [0.717, 1.165) is 16.8 Å². The third kappa shape index (κ3) is 4.45. The number of nitrogens with zero attached hydrogens (tertiary/aromatic N) is 1. The predicted molar refractivity (Wildman–Crippen MR) is 130 cm³/mol. The molecule has 0 saturated carbocycles. The maximum Gasteiger partial charge on any atom is 0.258 e. The summed E-state index contributed by atoms with van der Waals surface area (Å²) in [5, 5.41) is 4.17. The highest BCUT2D eigenvalue weighted by Gasteiger charge is 2.33. The van der Waals surface area contributed by atoms with E-state index in [0.29, 0.717) is 41.0 Å². The van der Waals surface area contributed by atoms with Crippen molar-refractivity contribution < 1.29 is 18.7 Å². The minimum atomic E-state index is -0.396. The molecule has 1 amide bonds. The average molecular weight is 475 g/mol. The topological polar surface area (TPSA) is 63.9 Å². The molecule has 0 aliphatic carbocycles. The van der Waals surface area contributed by atoms with Crippen LogP contribution in [-0.2, 0) is 13.2 Å². The van der Waals surface area contributed by atoms with Gasteiger partial charge >= 0.3 is 0 Å². The summed E-state index contributed by atoms with van der Waals surface area (Å²) in [6.07, 6.45) is 1.22. The number of fused-ring (bicyclic) bond motifs is 1. The van der Waals surface area contributed by atoms with Gasteiger partial charge in [-0.2, -0.15) is 0 Å². The molecule has 4 aromatic rings. The third-order valence-corrected chi connectivity index (χ3v) is 6.01. The molecule has 2 heterocycles. The molecule has 0 unspecified atom stereocenters. The summed E-state index contributed by atoms with van der Waals surface area (Å²) in [5.41, 5.74) is 3.19. The van der Waals surface area contributed by atoms with Crippen molar-refractivity contribution in [3.05, 3.63) is 113 Å². The van der Waals surface area contributed by atoms with E-state index in [-0.39, 0.29) is 5.91 Å². The molecule has 0 fully saturated rings. The molecule has 7 heteroatoms. The Kier molecular flexibility index (Phi) is 6.14.